The van der Waals surface area contributed by atoms with Gasteiger partial charge >= 0.3 is 0 Å². The van der Waals surface area contributed by atoms with E-state index in [1.165, 1.54) is 23.5 Å². The van der Waals surface area contributed by atoms with Crippen molar-refractivity contribution >= 4 is 38.9 Å². The van der Waals surface area contributed by atoms with Gasteiger partial charge in [0.15, 0.2) is 0 Å². The molecule has 6 heteroatoms. The number of hydrogen-bond donors (Lipinski definition) is 0. The third-order valence-electron chi connectivity index (χ3n) is 3.97. The zero-order valence-corrected chi connectivity index (χ0v) is 15.1. The van der Waals surface area contributed by atoms with Gasteiger partial charge in [-0.3, -0.25) is 4.79 Å². The van der Waals surface area contributed by atoms with E-state index >= 15 is 0 Å². The normalized spacial score (nSPS) is 11.4. The molecule has 1 aromatic heterocycles. The molecular weight excluding hydrogens is 337 g/mol. The van der Waals surface area contributed by atoms with Gasteiger partial charge in [-0.05, 0) is 31.0 Å². The number of carbonyl (C=O) groups is 1. The van der Waals surface area contributed by atoms with Crippen LogP contribution in [-0.2, 0) is 4.74 Å². The quantitative estimate of drug-likeness (QED) is 0.700. The molecule has 0 aliphatic carbocycles. The molecule has 0 bridgehead atoms. The lowest BCUT2D eigenvalue weighted by Gasteiger charge is -2.30. The highest BCUT2D eigenvalue weighted by molar-refractivity contribution is 7.21. The van der Waals surface area contributed by atoms with E-state index in [4.69, 9.17) is 16.3 Å². The highest BCUT2D eigenvalue weighted by atomic mass is 35.5. The topological polar surface area (TPSA) is 29.5 Å². The number of ether oxygens (including phenoxy) is 1. The van der Waals surface area contributed by atoms with E-state index in [0.29, 0.717) is 27.8 Å². The maximum Gasteiger partial charge on any atom is 0.265 e. The number of halogens is 2. The highest BCUT2D eigenvalue weighted by Gasteiger charge is 2.26. The lowest BCUT2D eigenvalue weighted by Crippen LogP contribution is -2.41. The molecule has 0 atom stereocenters. The average molecular weight is 358 g/mol. The highest BCUT2D eigenvalue weighted by Crippen LogP contribution is 2.36. The summed E-state index contributed by atoms with van der Waals surface area (Å²) in [5, 5.41) is 1.13. The van der Waals surface area contributed by atoms with Gasteiger partial charge in [-0.15, -0.1) is 11.3 Å². The zero-order valence-electron chi connectivity index (χ0n) is 13.6. The summed E-state index contributed by atoms with van der Waals surface area (Å²) in [4.78, 5) is 15.3. The molecule has 0 aliphatic heterocycles. The first-order valence-corrected chi connectivity index (χ1v) is 8.90. The van der Waals surface area contributed by atoms with Crippen molar-refractivity contribution in [2.24, 2.45) is 0 Å². The Morgan fingerprint density at radius 3 is 2.70 bits per heavy atom. The molecular formula is C17H21ClFNO2S. The average Bonchev–Trinajstić information content (AvgIpc) is 2.87. The molecule has 1 amide bonds. The molecule has 1 aromatic carbocycles. The van der Waals surface area contributed by atoms with E-state index in [2.05, 4.69) is 13.8 Å². The summed E-state index contributed by atoms with van der Waals surface area (Å²) >= 11 is 7.63. The summed E-state index contributed by atoms with van der Waals surface area (Å²) in [7, 11) is 1.62. The third kappa shape index (κ3) is 3.84. The molecule has 126 valence electrons. The Hall–Kier alpha value is -1.17. The van der Waals surface area contributed by atoms with Crippen molar-refractivity contribution < 1.29 is 13.9 Å². The van der Waals surface area contributed by atoms with Crippen molar-refractivity contribution in [3.05, 3.63) is 33.9 Å². The van der Waals surface area contributed by atoms with Crippen LogP contribution in [0.3, 0.4) is 0 Å². The number of thiophene rings is 1. The largest absolute Gasteiger partial charge is 0.383 e. The molecule has 0 N–H and O–H groups in total. The van der Waals surface area contributed by atoms with Crippen molar-refractivity contribution in [2.45, 2.75) is 32.7 Å². The number of carbonyl (C=O) groups excluding carboxylic acids is 1. The molecule has 0 unspecified atom stereocenters. The van der Waals surface area contributed by atoms with Crippen LogP contribution in [0, 0.1) is 5.82 Å². The maximum atomic E-state index is 13.4. The molecule has 2 aromatic rings. The van der Waals surface area contributed by atoms with Gasteiger partial charge in [-0.2, -0.15) is 0 Å². The standard InChI is InChI=1S/C17H21ClFNO2S/c1-4-12(5-2)20(8-9-22-3)17(21)16-15(18)13-7-6-11(19)10-14(13)23-16/h6-7,10,12H,4-5,8-9H2,1-3H3. The monoisotopic (exact) mass is 357 g/mol. The Labute approximate surface area is 145 Å². The molecule has 0 saturated heterocycles. The Morgan fingerprint density at radius 2 is 2.09 bits per heavy atom. The fourth-order valence-electron chi connectivity index (χ4n) is 2.68. The smallest absolute Gasteiger partial charge is 0.265 e. The second-order valence-electron chi connectivity index (χ2n) is 5.35. The van der Waals surface area contributed by atoms with Crippen LogP contribution in [0.5, 0.6) is 0 Å². The van der Waals surface area contributed by atoms with Crippen LogP contribution < -0.4 is 0 Å². The number of hydrogen-bond acceptors (Lipinski definition) is 3. The first-order chi connectivity index (χ1) is 11.0. The molecule has 3 nitrogen and oxygen atoms in total. The van der Waals surface area contributed by atoms with E-state index in [0.717, 1.165) is 18.2 Å². The second-order valence-corrected chi connectivity index (χ2v) is 6.78. The van der Waals surface area contributed by atoms with Crippen LogP contribution in [0.25, 0.3) is 10.1 Å². The van der Waals surface area contributed by atoms with E-state index < -0.39 is 0 Å². The second kappa shape index (κ2) is 8.08. The van der Waals surface area contributed by atoms with Gasteiger partial charge in [0.1, 0.15) is 10.7 Å². The van der Waals surface area contributed by atoms with Crippen molar-refractivity contribution in [1.82, 2.24) is 4.90 Å². The summed E-state index contributed by atoms with van der Waals surface area (Å²) in [5.74, 6) is -0.437. The lowest BCUT2D eigenvalue weighted by molar-refractivity contribution is 0.0594. The van der Waals surface area contributed by atoms with Crippen LogP contribution in [0.15, 0.2) is 18.2 Å². The minimum atomic E-state index is -0.328. The Bertz CT molecular complexity index is 685. The van der Waals surface area contributed by atoms with Crippen molar-refractivity contribution in [3.8, 4) is 0 Å². The Balaban J connectivity index is 2.40. The van der Waals surface area contributed by atoms with Gasteiger partial charge in [0.2, 0.25) is 0 Å². The minimum Gasteiger partial charge on any atom is -0.383 e. The van der Waals surface area contributed by atoms with E-state index in [1.54, 1.807) is 13.2 Å². The van der Waals surface area contributed by atoms with E-state index in [9.17, 15) is 9.18 Å². The molecule has 1 heterocycles. The maximum absolute atomic E-state index is 13.4. The Morgan fingerprint density at radius 1 is 1.39 bits per heavy atom. The molecule has 0 fully saturated rings. The van der Waals surface area contributed by atoms with Crippen molar-refractivity contribution in [1.29, 1.82) is 0 Å². The van der Waals surface area contributed by atoms with Gasteiger partial charge in [0, 0.05) is 29.8 Å². The molecule has 0 saturated carbocycles. The molecule has 0 radical (unpaired) electrons. The summed E-state index contributed by atoms with van der Waals surface area (Å²) in [6.07, 6.45) is 1.73. The van der Waals surface area contributed by atoms with Crippen molar-refractivity contribution in [3.63, 3.8) is 0 Å². The summed E-state index contributed by atoms with van der Waals surface area (Å²) < 4.78 is 19.2. The predicted octanol–water partition coefficient (Wildman–Crippen LogP) is 4.97. The van der Waals surface area contributed by atoms with Gasteiger partial charge in [-0.1, -0.05) is 25.4 Å². The number of rotatable bonds is 7. The zero-order chi connectivity index (χ0) is 17.0. The molecule has 23 heavy (non-hydrogen) atoms. The summed E-state index contributed by atoms with van der Waals surface area (Å²) in [6, 6.07) is 4.53. The van der Waals surface area contributed by atoms with Crippen LogP contribution in [0.1, 0.15) is 36.4 Å². The van der Waals surface area contributed by atoms with E-state index in [1.807, 2.05) is 4.90 Å². The van der Waals surface area contributed by atoms with Gasteiger partial charge in [0.05, 0.1) is 11.6 Å². The molecule has 0 spiro atoms. The SMILES string of the molecule is CCC(CC)N(CCOC)C(=O)c1sc2cc(F)ccc2c1Cl. The fraction of sp³-hybridized carbons (Fsp3) is 0.471. The predicted molar refractivity (Wildman–Crippen MR) is 94.1 cm³/mol. The molecule has 0 aliphatic rings. The van der Waals surface area contributed by atoms with Gasteiger partial charge in [0.25, 0.3) is 5.91 Å². The van der Waals surface area contributed by atoms with Crippen LogP contribution >= 0.6 is 22.9 Å². The van der Waals surface area contributed by atoms with Gasteiger partial charge < -0.3 is 9.64 Å². The van der Waals surface area contributed by atoms with Crippen LogP contribution in [0.2, 0.25) is 5.02 Å². The van der Waals surface area contributed by atoms with Crippen LogP contribution in [0.4, 0.5) is 4.39 Å². The van der Waals surface area contributed by atoms with E-state index in [-0.39, 0.29) is 17.8 Å². The van der Waals surface area contributed by atoms with Crippen molar-refractivity contribution in [2.75, 3.05) is 20.3 Å². The Kier molecular flexibility index (Phi) is 6.39. The summed E-state index contributed by atoms with van der Waals surface area (Å²) in [6.45, 7) is 5.10. The number of nitrogens with zero attached hydrogens (tertiary/aromatic N) is 1. The third-order valence-corrected chi connectivity index (χ3v) is 5.61. The summed E-state index contributed by atoms with van der Waals surface area (Å²) in [5.41, 5.74) is 0. The van der Waals surface area contributed by atoms with Gasteiger partial charge in [-0.25, -0.2) is 4.39 Å². The number of benzene rings is 1. The fourth-order valence-corrected chi connectivity index (χ4v) is 4.17. The molecule has 2 rings (SSSR count). The lowest BCUT2D eigenvalue weighted by atomic mass is 10.1. The minimum absolute atomic E-state index is 0.109. The number of fused-ring (bicyclic) bond motifs is 1. The first-order valence-electron chi connectivity index (χ1n) is 7.70. The first kappa shape index (κ1) is 18.2. The number of amides is 1. The van der Waals surface area contributed by atoms with Crippen LogP contribution in [-0.4, -0.2) is 37.1 Å². The number of methoxy groups -OCH3 is 1.